The quantitative estimate of drug-likeness (QED) is 0.793. The number of pyridine rings is 1. The molecule has 98 valence electrons. The molecule has 1 aromatic rings. The van der Waals surface area contributed by atoms with Gasteiger partial charge in [-0.15, -0.1) is 0 Å². The minimum Gasteiger partial charge on any atom is -0.480 e. The summed E-state index contributed by atoms with van der Waals surface area (Å²) < 4.78 is 0.721. The number of carboxylic acid groups (broad SMARTS) is 1. The molecule has 6 nitrogen and oxygen atoms in total. The molecule has 0 saturated heterocycles. The van der Waals surface area contributed by atoms with E-state index in [1.165, 1.54) is 6.20 Å². The fourth-order valence-electron chi connectivity index (χ4n) is 1.30. The summed E-state index contributed by atoms with van der Waals surface area (Å²) >= 11 is 3.22. The van der Waals surface area contributed by atoms with Gasteiger partial charge in [-0.25, -0.2) is 9.59 Å². The number of carboxylic acids is 1. The summed E-state index contributed by atoms with van der Waals surface area (Å²) in [6.45, 7) is 3.44. The molecule has 1 rings (SSSR count). The molecule has 7 heteroatoms. The van der Waals surface area contributed by atoms with Gasteiger partial charge in [0.25, 0.3) is 0 Å². The van der Waals surface area contributed by atoms with Crippen molar-refractivity contribution in [2.24, 2.45) is 5.92 Å². The number of nitrogens with zero attached hydrogens (tertiary/aromatic N) is 1. The molecule has 0 radical (unpaired) electrons. The van der Waals surface area contributed by atoms with Crippen molar-refractivity contribution >= 4 is 33.6 Å². The van der Waals surface area contributed by atoms with Crippen LogP contribution in [0.4, 0.5) is 10.5 Å². The molecule has 0 aliphatic heterocycles. The summed E-state index contributed by atoms with van der Waals surface area (Å²) in [6, 6.07) is 0.165. The number of nitrogens with one attached hydrogen (secondary N) is 2. The van der Waals surface area contributed by atoms with Crippen LogP contribution in [0.2, 0.25) is 0 Å². The van der Waals surface area contributed by atoms with E-state index in [9.17, 15) is 9.59 Å². The number of hydrogen-bond acceptors (Lipinski definition) is 3. The van der Waals surface area contributed by atoms with Crippen molar-refractivity contribution in [1.29, 1.82) is 0 Å². The Bertz CT molecular complexity index is 451. The molecule has 0 saturated carbocycles. The molecule has 0 aliphatic carbocycles. The largest absolute Gasteiger partial charge is 0.480 e. The maximum Gasteiger partial charge on any atom is 0.326 e. The first-order valence-corrected chi connectivity index (χ1v) is 6.10. The van der Waals surface area contributed by atoms with Crippen LogP contribution in [0.5, 0.6) is 0 Å². The number of hydrogen-bond donors (Lipinski definition) is 3. The second-order valence-corrected chi connectivity index (χ2v) is 4.97. The summed E-state index contributed by atoms with van der Waals surface area (Å²) in [7, 11) is 0. The van der Waals surface area contributed by atoms with Crippen molar-refractivity contribution in [1.82, 2.24) is 10.3 Å². The number of aliphatic carboxylic acids is 1. The number of urea groups is 1. The predicted molar refractivity (Wildman–Crippen MR) is 70.4 cm³/mol. The first-order chi connectivity index (χ1) is 8.40. The van der Waals surface area contributed by atoms with Gasteiger partial charge in [-0.1, -0.05) is 13.8 Å². The van der Waals surface area contributed by atoms with E-state index < -0.39 is 18.0 Å². The molecule has 0 bridgehead atoms. The van der Waals surface area contributed by atoms with Crippen LogP contribution >= 0.6 is 15.9 Å². The number of carbonyl (C=O) groups is 2. The van der Waals surface area contributed by atoms with Crippen LogP contribution in [0.15, 0.2) is 22.9 Å². The van der Waals surface area contributed by atoms with Crippen LogP contribution in [0, 0.1) is 5.92 Å². The first-order valence-electron chi connectivity index (χ1n) is 5.31. The highest BCUT2D eigenvalue weighted by Gasteiger charge is 2.23. The second-order valence-electron chi connectivity index (χ2n) is 4.05. The minimum absolute atomic E-state index is 0.200. The van der Waals surface area contributed by atoms with Crippen molar-refractivity contribution < 1.29 is 14.7 Å². The number of aromatic nitrogens is 1. The number of amides is 2. The van der Waals surface area contributed by atoms with Crippen LogP contribution in [0.3, 0.4) is 0 Å². The van der Waals surface area contributed by atoms with E-state index in [0.717, 1.165) is 4.47 Å². The molecule has 0 fully saturated rings. The normalized spacial score (nSPS) is 12.0. The minimum atomic E-state index is -1.06. The molecule has 1 atom stereocenters. The smallest absolute Gasteiger partial charge is 0.326 e. The van der Waals surface area contributed by atoms with Gasteiger partial charge in [-0.3, -0.25) is 4.98 Å². The third-order valence-corrected chi connectivity index (χ3v) is 2.62. The second kappa shape index (κ2) is 6.34. The highest BCUT2D eigenvalue weighted by atomic mass is 79.9. The summed E-state index contributed by atoms with van der Waals surface area (Å²) in [5.74, 6) is -1.26. The molecule has 0 unspecified atom stereocenters. The van der Waals surface area contributed by atoms with Gasteiger partial charge in [0, 0.05) is 10.7 Å². The van der Waals surface area contributed by atoms with E-state index >= 15 is 0 Å². The maximum atomic E-state index is 11.6. The standard InChI is InChI=1S/C11H14BrN3O3/c1-6(2)9(10(16)17)15-11(18)14-8-3-7(12)4-13-5-8/h3-6,9H,1-2H3,(H,16,17)(H2,14,15,18)/t9-/m1/s1. The Morgan fingerprint density at radius 3 is 2.56 bits per heavy atom. The lowest BCUT2D eigenvalue weighted by molar-refractivity contribution is -0.140. The lowest BCUT2D eigenvalue weighted by atomic mass is 10.1. The summed E-state index contributed by atoms with van der Waals surface area (Å²) in [5.41, 5.74) is 0.481. The zero-order valence-electron chi connectivity index (χ0n) is 9.98. The Hall–Kier alpha value is -1.63. The van der Waals surface area contributed by atoms with Crippen LogP contribution < -0.4 is 10.6 Å². The average molecular weight is 316 g/mol. The Morgan fingerprint density at radius 1 is 1.39 bits per heavy atom. The average Bonchev–Trinajstić information content (AvgIpc) is 2.25. The first kappa shape index (κ1) is 14.4. The summed E-state index contributed by atoms with van der Waals surface area (Å²) in [4.78, 5) is 26.4. The van der Waals surface area contributed by atoms with Gasteiger partial charge in [-0.2, -0.15) is 0 Å². The van der Waals surface area contributed by atoms with Crippen molar-refractivity contribution in [3.05, 3.63) is 22.9 Å². The van der Waals surface area contributed by atoms with E-state index in [0.29, 0.717) is 5.69 Å². The van der Waals surface area contributed by atoms with Crippen LogP contribution in [0.25, 0.3) is 0 Å². The van der Waals surface area contributed by atoms with E-state index in [1.54, 1.807) is 26.1 Å². The van der Waals surface area contributed by atoms with Crippen molar-refractivity contribution in [2.45, 2.75) is 19.9 Å². The van der Waals surface area contributed by atoms with Gasteiger partial charge in [0.2, 0.25) is 0 Å². The Balaban J connectivity index is 2.63. The Morgan fingerprint density at radius 2 is 2.06 bits per heavy atom. The van der Waals surface area contributed by atoms with Gasteiger partial charge in [0.1, 0.15) is 6.04 Å². The maximum absolute atomic E-state index is 11.6. The van der Waals surface area contributed by atoms with E-state index in [4.69, 9.17) is 5.11 Å². The van der Waals surface area contributed by atoms with Gasteiger partial charge >= 0.3 is 12.0 Å². The molecule has 3 N–H and O–H groups in total. The molecular formula is C11H14BrN3O3. The summed E-state index contributed by atoms with van der Waals surface area (Å²) in [6.07, 6.45) is 3.05. The highest BCUT2D eigenvalue weighted by Crippen LogP contribution is 2.13. The molecule has 0 spiro atoms. The third-order valence-electron chi connectivity index (χ3n) is 2.18. The Kier molecular flexibility index (Phi) is 5.08. The van der Waals surface area contributed by atoms with Gasteiger partial charge < -0.3 is 15.7 Å². The fraction of sp³-hybridized carbons (Fsp3) is 0.364. The van der Waals surface area contributed by atoms with E-state index in [-0.39, 0.29) is 5.92 Å². The zero-order chi connectivity index (χ0) is 13.7. The molecular weight excluding hydrogens is 302 g/mol. The topological polar surface area (TPSA) is 91.3 Å². The van der Waals surface area contributed by atoms with Crippen molar-refractivity contribution in [3.63, 3.8) is 0 Å². The van der Waals surface area contributed by atoms with Gasteiger partial charge in [0.15, 0.2) is 0 Å². The molecule has 0 aromatic carbocycles. The van der Waals surface area contributed by atoms with Crippen molar-refractivity contribution in [3.8, 4) is 0 Å². The Labute approximate surface area is 113 Å². The highest BCUT2D eigenvalue weighted by molar-refractivity contribution is 9.10. The van der Waals surface area contributed by atoms with Crippen LogP contribution in [-0.2, 0) is 4.79 Å². The SMILES string of the molecule is CC(C)[C@@H](NC(=O)Nc1cncc(Br)c1)C(=O)O. The monoisotopic (exact) mass is 315 g/mol. The van der Waals surface area contributed by atoms with Crippen LogP contribution in [-0.4, -0.2) is 28.1 Å². The molecule has 2 amide bonds. The molecule has 1 heterocycles. The van der Waals surface area contributed by atoms with Gasteiger partial charge in [-0.05, 0) is 27.9 Å². The molecule has 18 heavy (non-hydrogen) atoms. The van der Waals surface area contributed by atoms with Gasteiger partial charge in [0.05, 0.1) is 11.9 Å². The number of carbonyl (C=O) groups excluding carboxylic acids is 1. The molecule has 1 aromatic heterocycles. The lowest BCUT2D eigenvalue weighted by Crippen LogP contribution is -2.46. The number of anilines is 1. The molecule has 0 aliphatic rings. The summed E-state index contributed by atoms with van der Waals surface area (Å²) in [5, 5.41) is 13.8. The third kappa shape index (κ3) is 4.33. The van der Waals surface area contributed by atoms with Crippen molar-refractivity contribution in [2.75, 3.05) is 5.32 Å². The number of rotatable bonds is 4. The number of halogens is 1. The van der Waals surface area contributed by atoms with E-state index in [1.807, 2.05) is 0 Å². The van der Waals surface area contributed by atoms with E-state index in [2.05, 4.69) is 31.5 Å². The predicted octanol–water partition coefficient (Wildman–Crippen LogP) is 2.07. The fourth-order valence-corrected chi connectivity index (χ4v) is 1.67. The van der Waals surface area contributed by atoms with Crippen LogP contribution in [0.1, 0.15) is 13.8 Å². The zero-order valence-corrected chi connectivity index (χ0v) is 11.6. The lowest BCUT2D eigenvalue weighted by Gasteiger charge is -2.18.